The molecule has 2 atom stereocenters. The summed E-state index contributed by atoms with van der Waals surface area (Å²) in [6.07, 6.45) is 1.86. The van der Waals surface area contributed by atoms with Gasteiger partial charge in [-0.1, -0.05) is 0 Å². The number of amides is 1. The first-order chi connectivity index (χ1) is 8.90. The minimum atomic E-state index is -0.415. The monoisotopic (exact) mass is 262 g/mol. The first-order valence-electron chi connectivity index (χ1n) is 6.70. The molecule has 4 N–H and O–H groups in total. The lowest BCUT2D eigenvalue weighted by atomic mass is 9.97. The average Bonchev–Trinajstić information content (AvgIpc) is 2.26. The van der Waals surface area contributed by atoms with Gasteiger partial charge in [-0.05, 0) is 39.7 Å². The third kappa shape index (κ3) is 2.71. The van der Waals surface area contributed by atoms with Gasteiger partial charge >= 0.3 is 0 Å². The molecule has 1 aromatic heterocycles. The molecule has 2 unspecified atom stereocenters. The molecule has 0 aliphatic carbocycles. The van der Waals surface area contributed by atoms with Gasteiger partial charge in [-0.25, -0.2) is 0 Å². The van der Waals surface area contributed by atoms with Gasteiger partial charge in [-0.3, -0.25) is 9.78 Å². The molecule has 0 spiro atoms. The molecule has 1 aliphatic heterocycles. The summed E-state index contributed by atoms with van der Waals surface area (Å²) in [7, 11) is 0. The Kier molecular flexibility index (Phi) is 3.75. The number of nitrogens with two attached hydrogens (primary N) is 2. The van der Waals surface area contributed by atoms with Crippen molar-refractivity contribution >= 4 is 11.6 Å². The fourth-order valence-corrected chi connectivity index (χ4v) is 2.91. The summed E-state index contributed by atoms with van der Waals surface area (Å²) < 4.78 is 0. The van der Waals surface area contributed by atoms with E-state index in [-0.39, 0.29) is 6.04 Å². The highest BCUT2D eigenvalue weighted by molar-refractivity contribution is 5.99. The number of rotatable bonds is 2. The van der Waals surface area contributed by atoms with Gasteiger partial charge in [0.15, 0.2) is 0 Å². The smallest absolute Gasteiger partial charge is 0.252 e. The Morgan fingerprint density at radius 1 is 1.47 bits per heavy atom. The Labute approximate surface area is 114 Å². The van der Waals surface area contributed by atoms with Crippen molar-refractivity contribution < 1.29 is 4.79 Å². The SMILES string of the molecule is Cc1cc(N2CCC(N)CC2C)c(C(N)=O)c(C)n1. The van der Waals surface area contributed by atoms with E-state index in [1.807, 2.05) is 19.9 Å². The second-order valence-corrected chi connectivity index (χ2v) is 5.43. The fourth-order valence-electron chi connectivity index (χ4n) is 2.91. The third-order valence-electron chi connectivity index (χ3n) is 3.78. The summed E-state index contributed by atoms with van der Waals surface area (Å²) in [5.74, 6) is -0.415. The quantitative estimate of drug-likeness (QED) is 0.836. The molecule has 2 rings (SSSR count). The zero-order chi connectivity index (χ0) is 14.2. The molecule has 104 valence electrons. The second-order valence-electron chi connectivity index (χ2n) is 5.43. The number of aromatic nitrogens is 1. The molecule has 5 heteroatoms. The van der Waals surface area contributed by atoms with Gasteiger partial charge < -0.3 is 16.4 Å². The molecule has 0 aromatic carbocycles. The van der Waals surface area contributed by atoms with Crippen molar-refractivity contribution in [3.05, 3.63) is 23.0 Å². The predicted octanol–water partition coefficient (Wildman–Crippen LogP) is 1.11. The summed E-state index contributed by atoms with van der Waals surface area (Å²) in [6, 6.07) is 2.50. The Hall–Kier alpha value is -1.62. The lowest BCUT2D eigenvalue weighted by molar-refractivity contribution is 0.0999. The largest absolute Gasteiger partial charge is 0.368 e. The van der Waals surface area contributed by atoms with Crippen LogP contribution in [0.2, 0.25) is 0 Å². The number of carbonyl (C=O) groups is 1. The van der Waals surface area contributed by atoms with E-state index in [1.54, 1.807) is 0 Å². The number of carbonyl (C=O) groups excluding carboxylic acids is 1. The molecule has 1 saturated heterocycles. The van der Waals surface area contributed by atoms with Crippen LogP contribution in [0, 0.1) is 13.8 Å². The van der Waals surface area contributed by atoms with Crippen molar-refractivity contribution in [2.45, 2.75) is 45.7 Å². The third-order valence-corrected chi connectivity index (χ3v) is 3.78. The number of anilines is 1. The van der Waals surface area contributed by atoms with E-state index in [2.05, 4.69) is 16.8 Å². The van der Waals surface area contributed by atoms with Crippen molar-refractivity contribution in [1.29, 1.82) is 0 Å². The van der Waals surface area contributed by atoms with Crippen LogP contribution in [0.25, 0.3) is 0 Å². The number of piperidine rings is 1. The van der Waals surface area contributed by atoms with E-state index in [4.69, 9.17) is 11.5 Å². The molecule has 0 bridgehead atoms. The van der Waals surface area contributed by atoms with E-state index in [0.717, 1.165) is 30.8 Å². The fraction of sp³-hybridized carbons (Fsp3) is 0.571. The van der Waals surface area contributed by atoms with Crippen LogP contribution in [0.3, 0.4) is 0 Å². The van der Waals surface area contributed by atoms with Gasteiger partial charge in [0.2, 0.25) is 0 Å². The highest BCUT2D eigenvalue weighted by atomic mass is 16.1. The number of aryl methyl sites for hydroxylation is 2. The van der Waals surface area contributed by atoms with Crippen LogP contribution in [0.5, 0.6) is 0 Å². The molecule has 5 nitrogen and oxygen atoms in total. The van der Waals surface area contributed by atoms with Gasteiger partial charge in [0, 0.05) is 24.3 Å². The van der Waals surface area contributed by atoms with E-state index in [0.29, 0.717) is 17.3 Å². The highest BCUT2D eigenvalue weighted by Gasteiger charge is 2.27. The minimum Gasteiger partial charge on any atom is -0.368 e. The van der Waals surface area contributed by atoms with Gasteiger partial charge in [0.25, 0.3) is 5.91 Å². The van der Waals surface area contributed by atoms with Crippen LogP contribution in [0.1, 0.15) is 41.5 Å². The lowest BCUT2D eigenvalue weighted by Gasteiger charge is -2.39. The zero-order valence-electron chi connectivity index (χ0n) is 11.8. The van der Waals surface area contributed by atoms with Crippen molar-refractivity contribution in [2.24, 2.45) is 11.5 Å². The highest BCUT2D eigenvalue weighted by Crippen LogP contribution is 2.29. The topological polar surface area (TPSA) is 85.2 Å². The van der Waals surface area contributed by atoms with Crippen LogP contribution in [0.15, 0.2) is 6.07 Å². The lowest BCUT2D eigenvalue weighted by Crippen LogP contribution is -2.46. The second kappa shape index (κ2) is 5.17. The van der Waals surface area contributed by atoms with Crippen LogP contribution in [-0.4, -0.2) is 29.5 Å². The van der Waals surface area contributed by atoms with Crippen LogP contribution in [-0.2, 0) is 0 Å². The van der Waals surface area contributed by atoms with Crippen LogP contribution in [0.4, 0.5) is 5.69 Å². The van der Waals surface area contributed by atoms with Gasteiger partial charge in [0.05, 0.1) is 16.9 Å². The normalized spacial score (nSPS) is 23.5. The average molecular weight is 262 g/mol. The molecule has 1 aliphatic rings. The van der Waals surface area contributed by atoms with E-state index in [1.165, 1.54) is 0 Å². The van der Waals surface area contributed by atoms with Crippen LogP contribution < -0.4 is 16.4 Å². The molecule has 1 amide bonds. The number of primary amides is 1. The molecule has 0 saturated carbocycles. The van der Waals surface area contributed by atoms with Gasteiger partial charge in [-0.2, -0.15) is 0 Å². The van der Waals surface area contributed by atoms with Crippen molar-refractivity contribution in [2.75, 3.05) is 11.4 Å². The molecular formula is C14H22N4O. The Bertz CT molecular complexity index is 500. The number of pyridine rings is 1. The van der Waals surface area contributed by atoms with Crippen molar-refractivity contribution in [3.8, 4) is 0 Å². The van der Waals surface area contributed by atoms with E-state index < -0.39 is 5.91 Å². The van der Waals surface area contributed by atoms with Crippen LogP contribution >= 0.6 is 0 Å². The summed E-state index contributed by atoms with van der Waals surface area (Å²) >= 11 is 0. The molecule has 1 fully saturated rings. The Morgan fingerprint density at radius 3 is 2.74 bits per heavy atom. The van der Waals surface area contributed by atoms with Crippen molar-refractivity contribution in [1.82, 2.24) is 4.98 Å². The summed E-state index contributed by atoms with van der Waals surface area (Å²) in [4.78, 5) is 18.3. The molecule has 2 heterocycles. The number of hydrogen-bond acceptors (Lipinski definition) is 4. The minimum absolute atomic E-state index is 0.243. The molecule has 0 radical (unpaired) electrons. The maximum absolute atomic E-state index is 11.7. The summed E-state index contributed by atoms with van der Waals surface area (Å²) in [6.45, 7) is 6.75. The summed E-state index contributed by atoms with van der Waals surface area (Å²) in [5.41, 5.74) is 14.5. The molecule has 19 heavy (non-hydrogen) atoms. The van der Waals surface area contributed by atoms with E-state index >= 15 is 0 Å². The molecular weight excluding hydrogens is 240 g/mol. The standard InChI is InChI=1S/C14H22N4O/c1-8-6-12(13(14(16)19)10(3)17-8)18-5-4-11(15)7-9(18)2/h6,9,11H,4-5,7,15H2,1-3H3,(H2,16,19). The first kappa shape index (κ1) is 13.8. The van der Waals surface area contributed by atoms with Gasteiger partial charge in [-0.15, -0.1) is 0 Å². The predicted molar refractivity (Wildman–Crippen MR) is 76.2 cm³/mol. The molecule has 1 aromatic rings. The maximum atomic E-state index is 11.7. The number of nitrogens with zero attached hydrogens (tertiary/aromatic N) is 2. The van der Waals surface area contributed by atoms with Gasteiger partial charge in [0.1, 0.15) is 0 Å². The first-order valence-corrected chi connectivity index (χ1v) is 6.70. The van der Waals surface area contributed by atoms with E-state index in [9.17, 15) is 4.79 Å². The van der Waals surface area contributed by atoms with Crippen molar-refractivity contribution in [3.63, 3.8) is 0 Å². The maximum Gasteiger partial charge on any atom is 0.252 e. The zero-order valence-corrected chi connectivity index (χ0v) is 11.8. The summed E-state index contributed by atoms with van der Waals surface area (Å²) in [5, 5.41) is 0. The Balaban J connectivity index is 2.46. The Morgan fingerprint density at radius 2 is 2.16 bits per heavy atom. The number of hydrogen-bond donors (Lipinski definition) is 2.